The number of benzene rings is 1. The number of carbonyl (C=O) groups is 1. The Bertz CT molecular complexity index is 602. The van der Waals surface area contributed by atoms with Crippen LogP contribution in [0.25, 0.3) is 0 Å². The van der Waals surface area contributed by atoms with E-state index >= 15 is 0 Å². The summed E-state index contributed by atoms with van der Waals surface area (Å²) >= 11 is 0. The predicted molar refractivity (Wildman–Crippen MR) is 80.0 cm³/mol. The second-order valence-corrected chi connectivity index (χ2v) is 4.83. The van der Waals surface area contributed by atoms with E-state index in [1.165, 1.54) is 0 Å². The average Bonchev–Trinajstić information content (AvgIpc) is 2.47. The molecule has 6 heteroatoms. The second kappa shape index (κ2) is 6.81. The number of hydrogen-bond acceptors (Lipinski definition) is 5. The lowest BCUT2D eigenvalue weighted by Crippen LogP contribution is -2.34. The van der Waals surface area contributed by atoms with Gasteiger partial charge < -0.3 is 15.8 Å². The molecule has 2 rings (SSSR count). The Hall–Kier alpha value is -2.47. The van der Waals surface area contributed by atoms with E-state index in [-0.39, 0.29) is 17.9 Å². The number of aromatic nitrogens is 2. The Balaban J connectivity index is 2.06. The quantitative estimate of drug-likeness (QED) is 0.879. The van der Waals surface area contributed by atoms with Crippen molar-refractivity contribution in [2.24, 2.45) is 11.7 Å². The normalized spacial score (nSPS) is 13.3. The van der Waals surface area contributed by atoms with Gasteiger partial charge in [-0.3, -0.25) is 4.79 Å². The van der Waals surface area contributed by atoms with Gasteiger partial charge in [0.15, 0.2) is 0 Å². The van der Waals surface area contributed by atoms with Crippen molar-refractivity contribution in [1.29, 1.82) is 0 Å². The highest BCUT2D eigenvalue weighted by molar-refractivity contribution is 5.92. The van der Waals surface area contributed by atoms with E-state index in [0.717, 1.165) is 0 Å². The Kier molecular flexibility index (Phi) is 4.84. The van der Waals surface area contributed by atoms with Gasteiger partial charge in [0.2, 0.25) is 11.8 Å². The van der Waals surface area contributed by atoms with Crippen molar-refractivity contribution in [3.8, 4) is 11.6 Å². The van der Waals surface area contributed by atoms with Crippen LogP contribution in [0.1, 0.15) is 13.8 Å². The molecule has 0 bridgehead atoms. The standard InChI is InChI=1S/C15H18N4O2/c1-10(11(2)16)15(20)18-12-5-3-6-13(9-12)21-14-7-4-8-17-19-14/h3-11H,16H2,1-2H3,(H,18,20). The summed E-state index contributed by atoms with van der Waals surface area (Å²) in [4.78, 5) is 12.0. The first-order valence-corrected chi connectivity index (χ1v) is 6.68. The summed E-state index contributed by atoms with van der Waals surface area (Å²) in [6, 6.07) is 10.3. The minimum absolute atomic E-state index is 0.123. The smallest absolute Gasteiger partial charge is 0.238 e. The van der Waals surface area contributed by atoms with E-state index in [4.69, 9.17) is 10.5 Å². The van der Waals surface area contributed by atoms with Crippen molar-refractivity contribution in [2.45, 2.75) is 19.9 Å². The minimum Gasteiger partial charge on any atom is -0.437 e. The van der Waals surface area contributed by atoms with Crippen LogP contribution in [0.15, 0.2) is 42.6 Å². The van der Waals surface area contributed by atoms with Crippen LogP contribution < -0.4 is 15.8 Å². The van der Waals surface area contributed by atoms with E-state index in [1.807, 2.05) is 0 Å². The zero-order valence-electron chi connectivity index (χ0n) is 12.0. The summed E-state index contributed by atoms with van der Waals surface area (Å²) in [6.45, 7) is 3.60. The van der Waals surface area contributed by atoms with Gasteiger partial charge in [-0.25, -0.2) is 0 Å². The Morgan fingerprint density at radius 2 is 2.10 bits per heavy atom. The molecule has 110 valence electrons. The van der Waals surface area contributed by atoms with Crippen molar-refractivity contribution in [1.82, 2.24) is 10.2 Å². The minimum atomic E-state index is -0.269. The fraction of sp³-hybridized carbons (Fsp3) is 0.267. The summed E-state index contributed by atoms with van der Waals surface area (Å²) in [5, 5.41) is 10.4. The van der Waals surface area contributed by atoms with Gasteiger partial charge in [-0.1, -0.05) is 13.0 Å². The van der Waals surface area contributed by atoms with E-state index < -0.39 is 0 Å². The summed E-state index contributed by atoms with van der Waals surface area (Å²) in [7, 11) is 0. The number of nitrogens with zero attached hydrogens (tertiary/aromatic N) is 2. The van der Waals surface area contributed by atoms with Crippen LogP contribution >= 0.6 is 0 Å². The van der Waals surface area contributed by atoms with Crippen molar-refractivity contribution in [3.63, 3.8) is 0 Å². The number of nitrogens with one attached hydrogen (secondary N) is 1. The highest BCUT2D eigenvalue weighted by Gasteiger charge is 2.17. The lowest BCUT2D eigenvalue weighted by Gasteiger charge is -2.15. The SMILES string of the molecule is CC(N)C(C)C(=O)Nc1cccc(Oc2cccnn2)c1. The molecule has 1 aromatic carbocycles. The molecule has 0 aliphatic carbocycles. The van der Waals surface area contributed by atoms with Crippen molar-refractivity contribution >= 4 is 11.6 Å². The molecular formula is C15H18N4O2. The molecule has 0 saturated heterocycles. The van der Waals surface area contributed by atoms with E-state index in [2.05, 4.69) is 15.5 Å². The largest absolute Gasteiger partial charge is 0.437 e. The van der Waals surface area contributed by atoms with Crippen LogP contribution in [0.3, 0.4) is 0 Å². The highest BCUT2D eigenvalue weighted by Crippen LogP contribution is 2.22. The maximum Gasteiger partial charge on any atom is 0.238 e. The topological polar surface area (TPSA) is 90.1 Å². The molecule has 3 N–H and O–H groups in total. The van der Waals surface area contributed by atoms with E-state index in [9.17, 15) is 4.79 Å². The van der Waals surface area contributed by atoms with Crippen LogP contribution in [-0.4, -0.2) is 22.1 Å². The van der Waals surface area contributed by atoms with Gasteiger partial charge in [-0.05, 0) is 25.1 Å². The average molecular weight is 286 g/mol. The van der Waals surface area contributed by atoms with Crippen molar-refractivity contribution < 1.29 is 9.53 Å². The summed E-state index contributed by atoms with van der Waals surface area (Å²) < 4.78 is 5.56. The number of ether oxygens (including phenoxy) is 1. The summed E-state index contributed by atoms with van der Waals surface area (Å²) in [6.07, 6.45) is 1.57. The molecule has 1 heterocycles. The fourth-order valence-corrected chi connectivity index (χ4v) is 1.59. The third kappa shape index (κ3) is 4.25. The molecule has 21 heavy (non-hydrogen) atoms. The molecular weight excluding hydrogens is 268 g/mol. The van der Waals surface area contributed by atoms with E-state index in [0.29, 0.717) is 17.3 Å². The molecule has 0 spiro atoms. The predicted octanol–water partition coefficient (Wildman–Crippen LogP) is 2.19. The number of amides is 1. The first kappa shape index (κ1) is 14.9. The van der Waals surface area contributed by atoms with Gasteiger partial charge >= 0.3 is 0 Å². The molecule has 0 radical (unpaired) electrons. The van der Waals surface area contributed by atoms with Crippen LogP contribution in [0.4, 0.5) is 5.69 Å². The molecule has 2 atom stereocenters. The Morgan fingerprint density at radius 1 is 1.29 bits per heavy atom. The van der Waals surface area contributed by atoms with Gasteiger partial charge in [0, 0.05) is 30.1 Å². The maximum atomic E-state index is 12.0. The number of rotatable bonds is 5. The van der Waals surface area contributed by atoms with E-state index in [1.54, 1.807) is 56.4 Å². The Labute approximate surface area is 123 Å². The first-order chi connectivity index (χ1) is 10.1. The highest BCUT2D eigenvalue weighted by atomic mass is 16.5. The van der Waals surface area contributed by atoms with Gasteiger partial charge in [-0.15, -0.1) is 5.10 Å². The fourth-order valence-electron chi connectivity index (χ4n) is 1.59. The lowest BCUT2D eigenvalue weighted by atomic mass is 10.0. The molecule has 1 amide bonds. The molecule has 0 saturated carbocycles. The molecule has 2 unspecified atom stereocenters. The molecule has 0 aliphatic heterocycles. The monoisotopic (exact) mass is 286 g/mol. The van der Waals surface area contributed by atoms with Crippen LogP contribution in [0.5, 0.6) is 11.6 Å². The summed E-state index contributed by atoms with van der Waals surface area (Å²) in [5.74, 6) is 0.572. The number of carbonyl (C=O) groups excluding carboxylic acids is 1. The number of nitrogens with two attached hydrogens (primary N) is 1. The molecule has 2 aromatic rings. The summed E-state index contributed by atoms with van der Waals surface area (Å²) in [5.41, 5.74) is 6.37. The van der Waals surface area contributed by atoms with Crippen molar-refractivity contribution in [3.05, 3.63) is 42.6 Å². The zero-order valence-corrected chi connectivity index (χ0v) is 12.0. The van der Waals surface area contributed by atoms with Crippen LogP contribution in [-0.2, 0) is 4.79 Å². The Morgan fingerprint density at radius 3 is 2.76 bits per heavy atom. The van der Waals surface area contributed by atoms with Gasteiger partial charge in [0.25, 0.3) is 0 Å². The van der Waals surface area contributed by atoms with Gasteiger partial charge in [0.1, 0.15) is 5.75 Å². The number of hydrogen-bond donors (Lipinski definition) is 2. The number of anilines is 1. The first-order valence-electron chi connectivity index (χ1n) is 6.68. The lowest BCUT2D eigenvalue weighted by molar-refractivity contribution is -0.119. The third-order valence-electron chi connectivity index (χ3n) is 3.07. The molecule has 1 aromatic heterocycles. The maximum absolute atomic E-state index is 12.0. The van der Waals surface area contributed by atoms with Crippen molar-refractivity contribution in [2.75, 3.05) is 5.32 Å². The van der Waals surface area contributed by atoms with Crippen LogP contribution in [0, 0.1) is 5.92 Å². The van der Waals surface area contributed by atoms with Crippen LogP contribution in [0.2, 0.25) is 0 Å². The second-order valence-electron chi connectivity index (χ2n) is 4.83. The molecule has 0 fully saturated rings. The molecule has 0 aliphatic rings. The zero-order chi connectivity index (χ0) is 15.2. The van der Waals surface area contributed by atoms with Gasteiger partial charge in [0.05, 0.1) is 5.92 Å². The molecule has 6 nitrogen and oxygen atoms in total. The van der Waals surface area contributed by atoms with Gasteiger partial charge in [-0.2, -0.15) is 5.10 Å². The third-order valence-corrected chi connectivity index (χ3v) is 3.07.